The first kappa shape index (κ1) is 19.4. The number of sulfonamides is 1. The minimum absolute atomic E-state index is 0.156. The van der Waals surface area contributed by atoms with Crippen LogP contribution in [0.15, 0.2) is 41.8 Å². The Hall–Kier alpha value is -0.880. The van der Waals surface area contributed by atoms with Gasteiger partial charge in [0.15, 0.2) is 0 Å². The number of hydrogen-bond donors (Lipinski definition) is 0. The lowest BCUT2D eigenvalue weighted by Crippen LogP contribution is -2.34. The van der Waals surface area contributed by atoms with Crippen molar-refractivity contribution in [3.63, 3.8) is 0 Å². The van der Waals surface area contributed by atoms with Crippen LogP contribution >= 0.6 is 22.9 Å². The quantitative estimate of drug-likeness (QED) is 0.598. The average molecular weight is 386 g/mol. The Labute approximate surface area is 154 Å². The lowest BCUT2D eigenvalue weighted by Gasteiger charge is -2.21. The van der Waals surface area contributed by atoms with Gasteiger partial charge in [-0.1, -0.05) is 29.8 Å². The van der Waals surface area contributed by atoms with Gasteiger partial charge >= 0.3 is 0 Å². The maximum absolute atomic E-state index is 12.3. The maximum atomic E-state index is 12.3. The molecular weight excluding hydrogens is 362 g/mol. The Morgan fingerprint density at radius 2 is 1.83 bits per heavy atom. The number of benzene rings is 1. The molecule has 0 radical (unpaired) electrons. The fourth-order valence-corrected chi connectivity index (χ4v) is 4.75. The standard InChI is InChI=1S/C18H24ClNO2S2/c1-2-24(21,22)20(13-5-10-18-11-6-14-23-18)12-4-8-16-7-3-9-17(19)15-16/h3,6-7,9,11,14-15H,2,4-5,8,10,12-13H2,1H3. The molecule has 0 saturated carbocycles. The fourth-order valence-electron chi connectivity index (χ4n) is 2.61. The van der Waals surface area contributed by atoms with Gasteiger partial charge in [0.2, 0.25) is 10.0 Å². The first-order valence-corrected chi connectivity index (χ1v) is 11.1. The molecule has 6 heteroatoms. The summed E-state index contributed by atoms with van der Waals surface area (Å²) in [5.74, 6) is 0.156. The Bertz CT molecular complexity index is 714. The van der Waals surface area contributed by atoms with Crippen LogP contribution in [0.1, 0.15) is 30.2 Å². The van der Waals surface area contributed by atoms with Crippen molar-refractivity contribution >= 4 is 33.0 Å². The van der Waals surface area contributed by atoms with Crippen molar-refractivity contribution < 1.29 is 8.42 Å². The number of hydrogen-bond acceptors (Lipinski definition) is 3. The number of aryl methyl sites for hydroxylation is 2. The van der Waals surface area contributed by atoms with Crippen LogP contribution < -0.4 is 0 Å². The Balaban J connectivity index is 1.86. The summed E-state index contributed by atoms with van der Waals surface area (Å²) in [6, 6.07) is 11.9. The molecule has 1 heterocycles. The summed E-state index contributed by atoms with van der Waals surface area (Å²) < 4.78 is 26.2. The summed E-state index contributed by atoms with van der Waals surface area (Å²) in [4.78, 5) is 1.31. The molecule has 24 heavy (non-hydrogen) atoms. The van der Waals surface area contributed by atoms with Crippen LogP contribution in [0.25, 0.3) is 0 Å². The highest BCUT2D eigenvalue weighted by Gasteiger charge is 2.19. The second kappa shape index (κ2) is 9.56. The third kappa shape index (κ3) is 6.20. The Kier molecular flexibility index (Phi) is 7.75. The summed E-state index contributed by atoms with van der Waals surface area (Å²) in [7, 11) is -3.15. The summed E-state index contributed by atoms with van der Waals surface area (Å²) in [5.41, 5.74) is 1.15. The van der Waals surface area contributed by atoms with Crippen LogP contribution in [0.3, 0.4) is 0 Å². The number of halogens is 1. The molecular formula is C18H24ClNO2S2. The van der Waals surface area contributed by atoms with Crippen molar-refractivity contribution in [3.8, 4) is 0 Å². The molecule has 0 bridgehead atoms. The van der Waals surface area contributed by atoms with Gasteiger partial charge in [0, 0.05) is 23.0 Å². The lowest BCUT2D eigenvalue weighted by molar-refractivity contribution is 0.399. The Morgan fingerprint density at radius 3 is 2.46 bits per heavy atom. The zero-order chi connectivity index (χ0) is 17.4. The zero-order valence-corrected chi connectivity index (χ0v) is 16.3. The van der Waals surface area contributed by atoms with Gasteiger partial charge in [-0.25, -0.2) is 12.7 Å². The van der Waals surface area contributed by atoms with Gasteiger partial charge in [0.1, 0.15) is 0 Å². The van der Waals surface area contributed by atoms with Crippen molar-refractivity contribution in [2.45, 2.75) is 32.6 Å². The SMILES string of the molecule is CCS(=O)(=O)N(CCCc1cccc(Cl)c1)CCCc1cccs1. The maximum Gasteiger partial charge on any atom is 0.213 e. The minimum atomic E-state index is -3.15. The topological polar surface area (TPSA) is 37.4 Å². The van der Waals surface area contributed by atoms with E-state index in [1.807, 2.05) is 30.3 Å². The van der Waals surface area contributed by atoms with Crippen LogP contribution in [0.4, 0.5) is 0 Å². The fraction of sp³-hybridized carbons (Fsp3) is 0.444. The summed E-state index contributed by atoms with van der Waals surface area (Å²) in [6.07, 6.45) is 3.43. The van der Waals surface area contributed by atoms with E-state index in [1.165, 1.54) is 4.88 Å². The van der Waals surface area contributed by atoms with E-state index in [-0.39, 0.29) is 5.75 Å². The molecule has 0 aliphatic carbocycles. The first-order chi connectivity index (χ1) is 11.5. The summed E-state index contributed by atoms with van der Waals surface area (Å²) in [5, 5.41) is 2.78. The number of thiophene rings is 1. The van der Waals surface area contributed by atoms with E-state index in [0.717, 1.165) is 36.3 Å². The average Bonchev–Trinajstić information content (AvgIpc) is 3.07. The van der Waals surface area contributed by atoms with Gasteiger partial charge in [-0.15, -0.1) is 11.3 Å². The molecule has 2 aromatic rings. The molecule has 0 saturated heterocycles. The van der Waals surface area contributed by atoms with Crippen LogP contribution in [0.5, 0.6) is 0 Å². The molecule has 1 aromatic heterocycles. The highest BCUT2D eigenvalue weighted by molar-refractivity contribution is 7.89. The molecule has 0 spiro atoms. The van der Waals surface area contributed by atoms with Crippen LogP contribution in [-0.4, -0.2) is 31.6 Å². The van der Waals surface area contributed by atoms with Crippen LogP contribution in [-0.2, 0) is 22.9 Å². The van der Waals surface area contributed by atoms with Gasteiger partial charge in [0.25, 0.3) is 0 Å². The van der Waals surface area contributed by atoms with E-state index in [9.17, 15) is 8.42 Å². The second-order valence-electron chi connectivity index (χ2n) is 5.72. The summed E-state index contributed by atoms with van der Waals surface area (Å²) in [6.45, 7) is 2.86. The molecule has 0 amide bonds. The molecule has 3 nitrogen and oxygen atoms in total. The second-order valence-corrected chi connectivity index (χ2v) is 9.44. The normalized spacial score (nSPS) is 12.0. The number of nitrogens with zero attached hydrogens (tertiary/aromatic N) is 1. The van der Waals surface area contributed by atoms with E-state index < -0.39 is 10.0 Å². The molecule has 0 N–H and O–H groups in total. The van der Waals surface area contributed by atoms with Crippen molar-refractivity contribution in [2.75, 3.05) is 18.8 Å². The van der Waals surface area contributed by atoms with Crippen molar-refractivity contribution in [3.05, 3.63) is 57.2 Å². The van der Waals surface area contributed by atoms with Gasteiger partial charge < -0.3 is 0 Å². The van der Waals surface area contributed by atoms with Crippen molar-refractivity contribution in [1.29, 1.82) is 0 Å². The highest BCUT2D eigenvalue weighted by Crippen LogP contribution is 2.15. The summed E-state index contributed by atoms with van der Waals surface area (Å²) >= 11 is 7.72. The number of rotatable bonds is 10. The highest BCUT2D eigenvalue weighted by atomic mass is 35.5. The predicted octanol–water partition coefficient (Wildman–Crippen LogP) is 4.62. The van der Waals surface area contributed by atoms with Gasteiger partial charge in [-0.05, 0) is 61.7 Å². The van der Waals surface area contributed by atoms with Crippen LogP contribution in [0, 0.1) is 0 Å². The van der Waals surface area contributed by atoms with E-state index >= 15 is 0 Å². The molecule has 2 rings (SSSR count). The molecule has 0 atom stereocenters. The van der Waals surface area contributed by atoms with Gasteiger partial charge in [-0.3, -0.25) is 0 Å². The zero-order valence-electron chi connectivity index (χ0n) is 13.9. The third-order valence-corrected chi connectivity index (χ3v) is 6.98. The Morgan fingerprint density at radius 1 is 1.08 bits per heavy atom. The van der Waals surface area contributed by atoms with Gasteiger partial charge in [-0.2, -0.15) is 0 Å². The van der Waals surface area contributed by atoms with E-state index in [1.54, 1.807) is 22.6 Å². The van der Waals surface area contributed by atoms with Crippen molar-refractivity contribution in [1.82, 2.24) is 4.31 Å². The third-order valence-electron chi connectivity index (χ3n) is 3.93. The monoisotopic (exact) mass is 385 g/mol. The molecule has 0 aliphatic heterocycles. The molecule has 1 aromatic carbocycles. The van der Waals surface area contributed by atoms with Crippen LogP contribution in [0.2, 0.25) is 5.02 Å². The molecule has 0 unspecified atom stereocenters. The molecule has 0 fully saturated rings. The minimum Gasteiger partial charge on any atom is -0.212 e. The first-order valence-electron chi connectivity index (χ1n) is 8.26. The smallest absolute Gasteiger partial charge is 0.212 e. The van der Waals surface area contributed by atoms with Gasteiger partial charge in [0.05, 0.1) is 5.75 Å². The molecule has 0 aliphatic rings. The largest absolute Gasteiger partial charge is 0.213 e. The molecule has 132 valence electrons. The van der Waals surface area contributed by atoms with Crippen molar-refractivity contribution in [2.24, 2.45) is 0 Å². The predicted molar refractivity (Wildman–Crippen MR) is 103 cm³/mol. The van der Waals surface area contributed by atoms with E-state index in [4.69, 9.17) is 11.6 Å². The lowest BCUT2D eigenvalue weighted by atomic mass is 10.1. The van der Waals surface area contributed by atoms with E-state index in [0.29, 0.717) is 13.1 Å². The van der Waals surface area contributed by atoms with E-state index in [2.05, 4.69) is 11.4 Å².